The van der Waals surface area contributed by atoms with E-state index >= 15 is 0 Å². The molecule has 12 aromatic rings. The molecule has 256 valence electrons. The van der Waals surface area contributed by atoms with Gasteiger partial charge >= 0.3 is 0 Å². The van der Waals surface area contributed by atoms with Crippen LogP contribution in [0.4, 0.5) is 0 Å². The largest absolute Gasteiger partial charge is 0.456 e. The van der Waals surface area contributed by atoms with Crippen LogP contribution in [0.2, 0.25) is 0 Å². The Bertz CT molecular complexity index is 3470. The minimum absolute atomic E-state index is 0.890. The highest BCUT2D eigenvalue weighted by molar-refractivity contribution is 6.17. The number of benzene rings is 9. The lowest BCUT2D eigenvalue weighted by Crippen LogP contribution is -1.93. The SMILES string of the molecule is c1ccc(-n2c3ccccc3c3cc(-c4ccc5oc6cccc(-c7ccc8c(c7)c7cc9ccccc9cc7n8-c7ccccc7)c6c5c4)ccc32)cc1. The van der Waals surface area contributed by atoms with E-state index in [-0.39, 0.29) is 0 Å². The number of furan rings is 1. The molecule has 3 heterocycles. The van der Waals surface area contributed by atoms with Crippen LogP contribution >= 0.6 is 0 Å². The molecule has 3 aromatic heterocycles. The number of nitrogens with zero attached hydrogens (tertiary/aromatic N) is 2. The number of hydrogen-bond donors (Lipinski definition) is 0. The van der Waals surface area contributed by atoms with Crippen LogP contribution in [-0.4, -0.2) is 9.13 Å². The molecule has 55 heavy (non-hydrogen) atoms. The van der Waals surface area contributed by atoms with Gasteiger partial charge in [0, 0.05) is 43.7 Å². The second-order valence-corrected chi connectivity index (χ2v) is 14.5. The molecule has 0 amide bonds. The van der Waals surface area contributed by atoms with Crippen LogP contribution in [0.3, 0.4) is 0 Å². The second kappa shape index (κ2) is 11.6. The van der Waals surface area contributed by atoms with Crippen LogP contribution < -0.4 is 0 Å². The lowest BCUT2D eigenvalue weighted by molar-refractivity contribution is 0.669. The van der Waals surface area contributed by atoms with Crippen LogP contribution in [0.1, 0.15) is 0 Å². The fourth-order valence-corrected chi connectivity index (χ4v) is 8.98. The normalized spacial score (nSPS) is 12.0. The van der Waals surface area contributed by atoms with E-state index in [9.17, 15) is 0 Å². The van der Waals surface area contributed by atoms with Gasteiger partial charge in [0.1, 0.15) is 11.2 Å². The lowest BCUT2D eigenvalue weighted by Gasteiger charge is -2.09. The van der Waals surface area contributed by atoms with Crippen molar-refractivity contribution in [2.75, 3.05) is 0 Å². The molecule has 0 aliphatic carbocycles. The van der Waals surface area contributed by atoms with E-state index < -0.39 is 0 Å². The summed E-state index contributed by atoms with van der Waals surface area (Å²) in [4.78, 5) is 0. The number of para-hydroxylation sites is 3. The predicted molar refractivity (Wildman–Crippen MR) is 231 cm³/mol. The molecule has 0 saturated carbocycles. The Morgan fingerprint density at radius 3 is 1.62 bits per heavy atom. The average molecular weight is 701 g/mol. The van der Waals surface area contributed by atoms with E-state index in [1.54, 1.807) is 0 Å². The quantitative estimate of drug-likeness (QED) is 0.179. The molecule has 0 radical (unpaired) electrons. The third-order valence-corrected chi connectivity index (χ3v) is 11.5. The van der Waals surface area contributed by atoms with E-state index in [0.29, 0.717) is 0 Å². The van der Waals surface area contributed by atoms with Gasteiger partial charge in [0.2, 0.25) is 0 Å². The number of hydrogen-bond acceptors (Lipinski definition) is 1. The summed E-state index contributed by atoms with van der Waals surface area (Å²) in [5.74, 6) is 0. The number of rotatable bonds is 4. The lowest BCUT2D eigenvalue weighted by atomic mass is 9.96. The van der Waals surface area contributed by atoms with Crippen LogP contribution in [-0.2, 0) is 0 Å². The van der Waals surface area contributed by atoms with Crippen molar-refractivity contribution in [2.24, 2.45) is 0 Å². The number of aromatic nitrogens is 2. The van der Waals surface area contributed by atoms with Crippen molar-refractivity contribution in [1.82, 2.24) is 9.13 Å². The summed E-state index contributed by atoms with van der Waals surface area (Å²) in [6.07, 6.45) is 0. The maximum absolute atomic E-state index is 6.55. The fourth-order valence-electron chi connectivity index (χ4n) is 8.98. The zero-order chi connectivity index (χ0) is 36.0. The van der Waals surface area contributed by atoms with Gasteiger partial charge in [0.05, 0.1) is 22.1 Å². The summed E-state index contributed by atoms with van der Waals surface area (Å²) in [5.41, 5.74) is 13.6. The average Bonchev–Trinajstić information content (AvgIpc) is 3.90. The molecule has 9 aromatic carbocycles. The Labute approximate surface area is 316 Å². The third kappa shape index (κ3) is 4.50. The van der Waals surface area contributed by atoms with Crippen molar-refractivity contribution in [3.8, 4) is 33.6 Å². The van der Waals surface area contributed by atoms with Gasteiger partial charge in [-0.25, -0.2) is 0 Å². The van der Waals surface area contributed by atoms with Gasteiger partial charge in [-0.05, 0) is 118 Å². The molecule has 3 nitrogen and oxygen atoms in total. The van der Waals surface area contributed by atoms with Crippen LogP contribution in [0.15, 0.2) is 199 Å². The first-order valence-electron chi connectivity index (χ1n) is 18.8. The Morgan fingerprint density at radius 2 is 0.855 bits per heavy atom. The standard InChI is InChI=1S/C52H32N2O/c1-3-14-38(15-4-1)53-46-20-10-9-18-41(46)42-29-35(22-25-47(42)53)36-24-27-50-45(30-36)52-40(19-11-21-51(52)55-50)37-23-26-48-43(31-37)44-28-33-12-7-8-13-34(33)32-49(44)54(48)39-16-5-2-6-17-39/h1-32H. The molecular weight excluding hydrogens is 669 g/mol. The van der Waals surface area contributed by atoms with Gasteiger partial charge < -0.3 is 13.6 Å². The third-order valence-electron chi connectivity index (χ3n) is 11.5. The van der Waals surface area contributed by atoms with Crippen LogP contribution in [0, 0.1) is 0 Å². The molecule has 3 heteroatoms. The van der Waals surface area contributed by atoms with E-state index in [2.05, 4.69) is 203 Å². The van der Waals surface area contributed by atoms with Gasteiger partial charge in [-0.3, -0.25) is 0 Å². The Kier molecular flexibility index (Phi) is 6.34. The molecular formula is C52H32N2O. The second-order valence-electron chi connectivity index (χ2n) is 14.5. The van der Waals surface area contributed by atoms with Gasteiger partial charge in [-0.1, -0.05) is 109 Å². The topological polar surface area (TPSA) is 23.0 Å². The minimum atomic E-state index is 0.890. The highest BCUT2D eigenvalue weighted by Crippen LogP contribution is 2.42. The molecule has 0 unspecified atom stereocenters. The first-order chi connectivity index (χ1) is 27.3. The molecule has 0 spiro atoms. The first kappa shape index (κ1) is 30.1. The van der Waals surface area contributed by atoms with Gasteiger partial charge in [0.25, 0.3) is 0 Å². The van der Waals surface area contributed by atoms with Crippen LogP contribution in [0.5, 0.6) is 0 Å². The molecule has 0 N–H and O–H groups in total. The first-order valence-corrected chi connectivity index (χ1v) is 18.8. The van der Waals surface area contributed by atoms with Gasteiger partial charge in [0.15, 0.2) is 0 Å². The summed E-state index contributed by atoms with van der Waals surface area (Å²) in [6, 6.07) is 70.2. The summed E-state index contributed by atoms with van der Waals surface area (Å²) in [7, 11) is 0. The van der Waals surface area contributed by atoms with Crippen molar-refractivity contribution in [3.63, 3.8) is 0 Å². The van der Waals surface area contributed by atoms with Crippen LogP contribution in [0.25, 0.3) is 110 Å². The maximum Gasteiger partial charge on any atom is 0.136 e. The molecule has 0 bridgehead atoms. The van der Waals surface area contributed by atoms with Crippen molar-refractivity contribution in [1.29, 1.82) is 0 Å². The molecule has 0 saturated heterocycles. The summed E-state index contributed by atoms with van der Waals surface area (Å²) in [5, 5.41) is 9.70. The van der Waals surface area contributed by atoms with Crippen molar-refractivity contribution < 1.29 is 4.42 Å². The molecule has 0 aliphatic rings. The summed E-state index contributed by atoms with van der Waals surface area (Å²) >= 11 is 0. The van der Waals surface area contributed by atoms with E-state index in [0.717, 1.165) is 44.4 Å². The highest BCUT2D eigenvalue weighted by Gasteiger charge is 2.19. The fraction of sp³-hybridized carbons (Fsp3) is 0. The van der Waals surface area contributed by atoms with Crippen molar-refractivity contribution in [2.45, 2.75) is 0 Å². The Balaban J connectivity index is 1.05. The zero-order valence-electron chi connectivity index (χ0n) is 29.8. The molecule has 0 fully saturated rings. The van der Waals surface area contributed by atoms with Gasteiger partial charge in [-0.15, -0.1) is 0 Å². The zero-order valence-corrected chi connectivity index (χ0v) is 29.8. The molecule has 0 atom stereocenters. The van der Waals surface area contributed by atoms with Gasteiger partial charge in [-0.2, -0.15) is 0 Å². The molecule has 12 rings (SSSR count). The van der Waals surface area contributed by atoms with E-state index in [4.69, 9.17) is 4.42 Å². The maximum atomic E-state index is 6.55. The Morgan fingerprint density at radius 1 is 0.309 bits per heavy atom. The number of fused-ring (bicyclic) bond motifs is 10. The van der Waals surface area contributed by atoms with E-state index in [1.807, 2.05) is 0 Å². The Hall–Kier alpha value is -7.36. The highest BCUT2D eigenvalue weighted by atomic mass is 16.3. The minimum Gasteiger partial charge on any atom is -0.456 e. The summed E-state index contributed by atoms with van der Waals surface area (Å²) < 4.78 is 11.3. The summed E-state index contributed by atoms with van der Waals surface area (Å²) in [6.45, 7) is 0. The van der Waals surface area contributed by atoms with E-state index in [1.165, 1.54) is 65.5 Å². The van der Waals surface area contributed by atoms with Crippen molar-refractivity contribution in [3.05, 3.63) is 194 Å². The molecule has 0 aliphatic heterocycles. The van der Waals surface area contributed by atoms with Crippen molar-refractivity contribution >= 4 is 76.3 Å². The monoisotopic (exact) mass is 700 g/mol. The smallest absolute Gasteiger partial charge is 0.136 e. The predicted octanol–water partition coefficient (Wildman–Crippen LogP) is 14.3.